The van der Waals surface area contributed by atoms with Gasteiger partial charge in [-0.3, -0.25) is 0 Å². The minimum Gasteiger partial charge on any atom is -0.330 e. The first-order chi connectivity index (χ1) is 7.57. The third-order valence-electron chi connectivity index (χ3n) is 4.26. The zero-order valence-corrected chi connectivity index (χ0v) is 11.4. The molecule has 2 heteroatoms. The molecule has 0 aromatic rings. The van der Waals surface area contributed by atoms with Crippen molar-refractivity contribution in [1.82, 2.24) is 5.32 Å². The van der Waals surface area contributed by atoms with Crippen LogP contribution in [0.3, 0.4) is 0 Å². The Labute approximate surface area is 101 Å². The number of hydrogen-bond donors (Lipinski definition) is 2. The van der Waals surface area contributed by atoms with Crippen molar-refractivity contribution in [2.45, 2.75) is 52.9 Å². The molecule has 2 nitrogen and oxygen atoms in total. The fraction of sp³-hybridized carbons (Fsp3) is 1.00. The molecular weight excluding hydrogens is 196 g/mol. The van der Waals surface area contributed by atoms with E-state index in [1.54, 1.807) is 0 Å². The first kappa shape index (κ1) is 14.0. The predicted molar refractivity (Wildman–Crippen MR) is 71.4 cm³/mol. The summed E-state index contributed by atoms with van der Waals surface area (Å²) in [6.45, 7) is 10.0. The van der Waals surface area contributed by atoms with E-state index in [2.05, 4.69) is 26.1 Å². The molecule has 1 fully saturated rings. The van der Waals surface area contributed by atoms with Crippen molar-refractivity contribution < 1.29 is 0 Å². The summed E-state index contributed by atoms with van der Waals surface area (Å²) in [5, 5.41) is 3.65. The molecule has 1 unspecified atom stereocenters. The van der Waals surface area contributed by atoms with Crippen LogP contribution in [0.2, 0.25) is 0 Å². The van der Waals surface area contributed by atoms with E-state index in [9.17, 15) is 0 Å². The van der Waals surface area contributed by atoms with Gasteiger partial charge in [-0.05, 0) is 43.2 Å². The SMILES string of the molecule is CC(C)C(CN)CNCC1(C)CCCCC1. The Morgan fingerprint density at radius 2 is 1.81 bits per heavy atom. The lowest BCUT2D eigenvalue weighted by atomic mass is 9.75. The minimum absolute atomic E-state index is 0.550. The molecule has 0 aromatic carbocycles. The molecule has 0 spiro atoms. The van der Waals surface area contributed by atoms with Gasteiger partial charge in [0.15, 0.2) is 0 Å². The molecule has 16 heavy (non-hydrogen) atoms. The van der Waals surface area contributed by atoms with Crippen molar-refractivity contribution in [3.8, 4) is 0 Å². The van der Waals surface area contributed by atoms with Crippen molar-refractivity contribution in [2.24, 2.45) is 23.0 Å². The van der Waals surface area contributed by atoms with Crippen molar-refractivity contribution in [3.63, 3.8) is 0 Å². The van der Waals surface area contributed by atoms with Crippen LogP contribution < -0.4 is 11.1 Å². The molecule has 1 aliphatic rings. The van der Waals surface area contributed by atoms with Gasteiger partial charge < -0.3 is 11.1 Å². The molecule has 1 rings (SSSR count). The Balaban J connectivity index is 2.22. The third kappa shape index (κ3) is 4.42. The highest BCUT2D eigenvalue weighted by atomic mass is 14.9. The Hall–Kier alpha value is -0.0800. The number of nitrogens with one attached hydrogen (secondary N) is 1. The van der Waals surface area contributed by atoms with E-state index < -0.39 is 0 Å². The molecule has 0 aliphatic heterocycles. The average Bonchev–Trinajstić information content (AvgIpc) is 2.25. The predicted octanol–water partition coefficient (Wildman–Crippen LogP) is 2.78. The standard InChI is InChI=1S/C14H30N2/c1-12(2)13(9-15)10-16-11-14(3)7-5-4-6-8-14/h12-13,16H,4-11,15H2,1-3H3. The summed E-state index contributed by atoms with van der Waals surface area (Å²) in [6.07, 6.45) is 7.07. The van der Waals surface area contributed by atoms with Gasteiger partial charge >= 0.3 is 0 Å². The summed E-state index contributed by atoms with van der Waals surface area (Å²) in [5.74, 6) is 1.32. The number of rotatable bonds is 6. The first-order valence-electron chi connectivity index (χ1n) is 6.98. The van der Waals surface area contributed by atoms with Crippen LogP contribution in [0.5, 0.6) is 0 Å². The summed E-state index contributed by atoms with van der Waals surface area (Å²) < 4.78 is 0. The number of hydrogen-bond acceptors (Lipinski definition) is 2. The summed E-state index contributed by atoms with van der Waals surface area (Å²) in [7, 11) is 0. The minimum atomic E-state index is 0.550. The lowest BCUT2D eigenvalue weighted by molar-refractivity contribution is 0.201. The van der Waals surface area contributed by atoms with Gasteiger partial charge in [0.25, 0.3) is 0 Å². The monoisotopic (exact) mass is 226 g/mol. The molecule has 0 bridgehead atoms. The normalized spacial score (nSPS) is 22.3. The van der Waals surface area contributed by atoms with E-state index in [0.29, 0.717) is 17.3 Å². The van der Waals surface area contributed by atoms with Crippen LogP contribution in [0.25, 0.3) is 0 Å². The first-order valence-corrected chi connectivity index (χ1v) is 6.98. The Kier molecular flexibility index (Phi) is 5.77. The summed E-state index contributed by atoms with van der Waals surface area (Å²) in [6, 6.07) is 0. The maximum Gasteiger partial charge on any atom is 0.000529 e. The third-order valence-corrected chi connectivity index (χ3v) is 4.26. The fourth-order valence-electron chi connectivity index (χ4n) is 2.73. The van der Waals surface area contributed by atoms with Crippen LogP contribution >= 0.6 is 0 Å². The topological polar surface area (TPSA) is 38.0 Å². The summed E-state index contributed by atoms with van der Waals surface area (Å²) in [5.41, 5.74) is 6.34. The quantitative estimate of drug-likeness (QED) is 0.731. The molecule has 1 saturated carbocycles. The fourth-order valence-corrected chi connectivity index (χ4v) is 2.73. The molecular formula is C14H30N2. The maximum absolute atomic E-state index is 5.79. The van der Waals surface area contributed by atoms with E-state index in [1.165, 1.54) is 38.6 Å². The average molecular weight is 226 g/mol. The van der Waals surface area contributed by atoms with Gasteiger partial charge in [-0.15, -0.1) is 0 Å². The summed E-state index contributed by atoms with van der Waals surface area (Å²) >= 11 is 0. The summed E-state index contributed by atoms with van der Waals surface area (Å²) in [4.78, 5) is 0. The second kappa shape index (κ2) is 6.61. The van der Waals surface area contributed by atoms with Gasteiger partial charge in [0.2, 0.25) is 0 Å². The lowest BCUT2D eigenvalue weighted by Crippen LogP contribution is -2.38. The molecule has 96 valence electrons. The van der Waals surface area contributed by atoms with Gasteiger partial charge in [-0.2, -0.15) is 0 Å². The van der Waals surface area contributed by atoms with Crippen LogP contribution in [-0.4, -0.2) is 19.6 Å². The Morgan fingerprint density at radius 1 is 1.19 bits per heavy atom. The second-order valence-electron chi connectivity index (χ2n) is 6.24. The molecule has 0 aromatic heterocycles. The second-order valence-corrected chi connectivity index (χ2v) is 6.24. The Bertz CT molecular complexity index is 183. The van der Waals surface area contributed by atoms with Gasteiger partial charge in [0, 0.05) is 6.54 Å². The highest BCUT2D eigenvalue weighted by Crippen LogP contribution is 2.34. The van der Waals surface area contributed by atoms with E-state index in [4.69, 9.17) is 5.73 Å². The molecule has 1 atom stereocenters. The van der Waals surface area contributed by atoms with Crippen molar-refractivity contribution >= 4 is 0 Å². The molecule has 0 heterocycles. The number of nitrogens with two attached hydrogens (primary N) is 1. The highest BCUT2D eigenvalue weighted by molar-refractivity contribution is 4.81. The van der Waals surface area contributed by atoms with Gasteiger partial charge in [-0.25, -0.2) is 0 Å². The van der Waals surface area contributed by atoms with Gasteiger partial charge in [-0.1, -0.05) is 40.0 Å². The molecule has 0 radical (unpaired) electrons. The van der Waals surface area contributed by atoms with Crippen LogP contribution in [0.15, 0.2) is 0 Å². The van der Waals surface area contributed by atoms with Crippen molar-refractivity contribution in [3.05, 3.63) is 0 Å². The van der Waals surface area contributed by atoms with Crippen molar-refractivity contribution in [1.29, 1.82) is 0 Å². The van der Waals surface area contributed by atoms with Crippen LogP contribution in [0.1, 0.15) is 52.9 Å². The van der Waals surface area contributed by atoms with E-state index >= 15 is 0 Å². The van der Waals surface area contributed by atoms with Crippen LogP contribution in [-0.2, 0) is 0 Å². The lowest BCUT2D eigenvalue weighted by Gasteiger charge is -2.34. The van der Waals surface area contributed by atoms with Gasteiger partial charge in [0.1, 0.15) is 0 Å². The molecule has 1 aliphatic carbocycles. The van der Waals surface area contributed by atoms with Crippen LogP contribution in [0, 0.1) is 17.3 Å². The zero-order chi connectivity index (χ0) is 12.0. The Morgan fingerprint density at radius 3 is 2.31 bits per heavy atom. The van der Waals surface area contributed by atoms with E-state index in [1.807, 2.05) is 0 Å². The maximum atomic E-state index is 5.79. The highest BCUT2D eigenvalue weighted by Gasteiger charge is 2.26. The van der Waals surface area contributed by atoms with Crippen LogP contribution in [0.4, 0.5) is 0 Å². The van der Waals surface area contributed by atoms with Gasteiger partial charge in [0.05, 0.1) is 0 Å². The van der Waals surface area contributed by atoms with E-state index in [-0.39, 0.29) is 0 Å². The van der Waals surface area contributed by atoms with E-state index in [0.717, 1.165) is 13.1 Å². The van der Waals surface area contributed by atoms with Crippen molar-refractivity contribution in [2.75, 3.05) is 19.6 Å². The largest absolute Gasteiger partial charge is 0.330 e. The smallest absolute Gasteiger partial charge is 0.000529 e. The molecule has 0 saturated heterocycles. The molecule has 0 amide bonds. The zero-order valence-electron chi connectivity index (χ0n) is 11.4. The molecule has 3 N–H and O–H groups in total.